The van der Waals surface area contributed by atoms with E-state index in [-0.39, 0.29) is 12.6 Å². The first-order chi connectivity index (χ1) is 9.28. The van der Waals surface area contributed by atoms with E-state index in [1.807, 2.05) is 18.2 Å². The monoisotopic (exact) mass is 260 g/mol. The van der Waals surface area contributed by atoms with Gasteiger partial charge in [-0.25, -0.2) is 4.98 Å². The topological polar surface area (TPSA) is 55.4 Å². The molecular weight excluding hydrogens is 240 g/mol. The SMILES string of the molecule is CC(CO)N1CCN(c2nc3ccccc3[nH]2)CC1. The molecule has 0 spiro atoms. The molecule has 19 heavy (non-hydrogen) atoms. The molecular formula is C14H20N4O. The van der Waals surface area contributed by atoms with Gasteiger partial charge in [-0.05, 0) is 19.1 Å². The van der Waals surface area contributed by atoms with Crippen molar-refractivity contribution in [2.45, 2.75) is 13.0 Å². The standard InChI is InChI=1S/C14H20N4O/c1-11(10-19)17-6-8-18(9-7-17)14-15-12-4-2-3-5-13(12)16-14/h2-5,11,19H,6-10H2,1H3,(H,15,16). The van der Waals surface area contributed by atoms with Crippen molar-refractivity contribution in [3.8, 4) is 0 Å². The van der Waals surface area contributed by atoms with Crippen molar-refractivity contribution in [1.82, 2.24) is 14.9 Å². The van der Waals surface area contributed by atoms with E-state index in [1.165, 1.54) is 0 Å². The summed E-state index contributed by atoms with van der Waals surface area (Å²) in [4.78, 5) is 12.6. The van der Waals surface area contributed by atoms with Crippen LogP contribution in [0.2, 0.25) is 0 Å². The third kappa shape index (κ3) is 2.43. The van der Waals surface area contributed by atoms with E-state index in [0.29, 0.717) is 0 Å². The van der Waals surface area contributed by atoms with E-state index in [4.69, 9.17) is 0 Å². The Hall–Kier alpha value is -1.59. The molecule has 5 nitrogen and oxygen atoms in total. The molecule has 1 aromatic heterocycles. The van der Waals surface area contributed by atoms with E-state index in [2.05, 4.69) is 32.8 Å². The highest BCUT2D eigenvalue weighted by molar-refractivity contribution is 5.77. The Morgan fingerprint density at radius 3 is 2.68 bits per heavy atom. The van der Waals surface area contributed by atoms with E-state index in [9.17, 15) is 5.11 Å². The Morgan fingerprint density at radius 2 is 2.00 bits per heavy atom. The van der Waals surface area contributed by atoms with Crippen molar-refractivity contribution in [3.05, 3.63) is 24.3 Å². The molecule has 0 saturated carbocycles. The molecule has 2 N–H and O–H groups in total. The van der Waals surface area contributed by atoms with Crippen LogP contribution in [0.4, 0.5) is 5.95 Å². The van der Waals surface area contributed by atoms with Crippen LogP contribution in [-0.4, -0.2) is 58.8 Å². The van der Waals surface area contributed by atoms with Crippen molar-refractivity contribution in [2.24, 2.45) is 0 Å². The zero-order valence-electron chi connectivity index (χ0n) is 11.2. The van der Waals surface area contributed by atoms with Crippen LogP contribution in [0.15, 0.2) is 24.3 Å². The number of nitrogens with one attached hydrogen (secondary N) is 1. The van der Waals surface area contributed by atoms with Gasteiger partial charge in [0.25, 0.3) is 0 Å². The molecule has 1 unspecified atom stereocenters. The summed E-state index contributed by atoms with van der Waals surface area (Å²) in [5.74, 6) is 0.956. The lowest BCUT2D eigenvalue weighted by molar-refractivity contribution is 0.128. The van der Waals surface area contributed by atoms with Gasteiger partial charge in [0.1, 0.15) is 0 Å². The number of piperazine rings is 1. The van der Waals surface area contributed by atoms with Crippen LogP contribution in [0.3, 0.4) is 0 Å². The van der Waals surface area contributed by atoms with Crippen LogP contribution in [0.5, 0.6) is 0 Å². The lowest BCUT2D eigenvalue weighted by Gasteiger charge is -2.37. The molecule has 1 aromatic carbocycles. The fourth-order valence-electron chi connectivity index (χ4n) is 2.58. The molecule has 0 amide bonds. The van der Waals surface area contributed by atoms with E-state index >= 15 is 0 Å². The minimum absolute atomic E-state index is 0.227. The first kappa shape index (κ1) is 12.4. The van der Waals surface area contributed by atoms with Gasteiger partial charge in [-0.1, -0.05) is 12.1 Å². The first-order valence-corrected chi connectivity index (χ1v) is 6.82. The van der Waals surface area contributed by atoms with Gasteiger partial charge in [0.2, 0.25) is 5.95 Å². The number of H-pyrrole nitrogens is 1. The lowest BCUT2D eigenvalue weighted by Crippen LogP contribution is -2.50. The number of aliphatic hydroxyl groups is 1. The molecule has 0 radical (unpaired) electrons. The maximum atomic E-state index is 9.19. The van der Waals surface area contributed by atoms with E-state index in [0.717, 1.165) is 43.2 Å². The molecule has 2 aromatic rings. The second kappa shape index (κ2) is 5.19. The number of aliphatic hydroxyl groups excluding tert-OH is 1. The molecule has 1 aliphatic heterocycles. The van der Waals surface area contributed by atoms with Crippen molar-refractivity contribution >= 4 is 17.0 Å². The summed E-state index contributed by atoms with van der Waals surface area (Å²) in [6.07, 6.45) is 0. The fourth-order valence-corrected chi connectivity index (χ4v) is 2.58. The quantitative estimate of drug-likeness (QED) is 0.866. The minimum atomic E-state index is 0.227. The predicted octanol–water partition coefficient (Wildman–Crippen LogP) is 1.07. The zero-order chi connectivity index (χ0) is 13.2. The zero-order valence-corrected chi connectivity index (χ0v) is 11.2. The van der Waals surface area contributed by atoms with E-state index in [1.54, 1.807) is 0 Å². The number of anilines is 1. The van der Waals surface area contributed by atoms with Gasteiger partial charge in [0.05, 0.1) is 17.6 Å². The summed E-state index contributed by atoms with van der Waals surface area (Å²) in [5, 5.41) is 9.19. The molecule has 1 aliphatic rings. The Bertz CT molecular complexity index is 512. The Balaban J connectivity index is 1.71. The second-order valence-electron chi connectivity index (χ2n) is 5.13. The van der Waals surface area contributed by atoms with Gasteiger partial charge in [-0.3, -0.25) is 4.90 Å². The maximum absolute atomic E-state index is 9.19. The van der Waals surface area contributed by atoms with Crippen molar-refractivity contribution in [1.29, 1.82) is 0 Å². The van der Waals surface area contributed by atoms with Crippen molar-refractivity contribution in [2.75, 3.05) is 37.7 Å². The average Bonchev–Trinajstić information content (AvgIpc) is 2.90. The highest BCUT2D eigenvalue weighted by Crippen LogP contribution is 2.18. The number of fused-ring (bicyclic) bond motifs is 1. The number of hydrogen-bond donors (Lipinski definition) is 2. The minimum Gasteiger partial charge on any atom is -0.395 e. The molecule has 2 heterocycles. The molecule has 1 atom stereocenters. The molecule has 3 rings (SSSR count). The molecule has 5 heteroatoms. The smallest absolute Gasteiger partial charge is 0.203 e. The predicted molar refractivity (Wildman–Crippen MR) is 76.4 cm³/mol. The van der Waals surface area contributed by atoms with Crippen LogP contribution >= 0.6 is 0 Å². The third-order valence-electron chi connectivity index (χ3n) is 3.88. The van der Waals surface area contributed by atoms with Gasteiger partial charge in [0.15, 0.2) is 0 Å². The highest BCUT2D eigenvalue weighted by atomic mass is 16.3. The van der Waals surface area contributed by atoms with Crippen molar-refractivity contribution in [3.63, 3.8) is 0 Å². The number of aromatic nitrogens is 2. The summed E-state index contributed by atoms with van der Waals surface area (Å²) in [5.41, 5.74) is 2.10. The normalized spacial score (nSPS) is 18.9. The van der Waals surface area contributed by atoms with E-state index < -0.39 is 0 Å². The lowest BCUT2D eigenvalue weighted by atomic mass is 10.2. The van der Waals surface area contributed by atoms with Crippen LogP contribution in [-0.2, 0) is 0 Å². The highest BCUT2D eigenvalue weighted by Gasteiger charge is 2.22. The summed E-state index contributed by atoms with van der Waals surface area (Å²) in [6, 6.07) is 8.35. The van der Waals surface area contributed by atoms with Crippen LogP contribution in [0.1, 0.15) is 6.92 Å². The number of aromatic amines is 1. The number of benzene rings is 1. The average molecular weight is 260 g/mol. The molecule has 0 aliphatic carbocycles. The van der Waals surface area contributed by atoms with Crippen LogP contribution in [0, 0.1) is 0 Å². The number of nitrogens with zero attached hydrogens (tertiary/aromatic N) is 3. The largest absolute Gasteiger partial charge is 0.395 e. The fraction of sp³-hybridized carbons (Fsp3) is 0.500. The number of hydrogen-bond acceptors (Lipinski definition) is 4. The van der Waals surface area contributed by atoms with Gasteiger partial charge in [0, 0.05) is 32.2 Å². The third-order valence-corrected chi connectivity index (χ3v) is 3.88. The Morgan fingerprint density at radius 1 is 1.26 bits per heavy atom. The number of imidazole rings is 1. The maximum Gasteiger partial charge on any atom is 0.203 e. The first-order valence-electron chi connectivity index (χ1n) is 6.82. The Labute approximate surface area is 112 Å². The Kier molecular flexibility index (Phi) is 3.40. The second-order valence-corrected chi connectivity index (χ2v) is 5.13. The van der Waals surface area contributed by atoms with Gasteiger partial charge >= 0.3 is 0 Å². The molecule has 1 saturated heterocycles. The summed E-state index contributed by atoms with van der Waals surface area (Å²) in [7, 11) is 0. The summed E-state index contributed by atoms with van der Waals surface area (Å²) >= 11 is 0. The number of rotatable bonds is 3. The van der Waals surface area contributed by atoms with Gasteiger partial charge in [-0.2, -0.15) is 0 Å². The number of para-hydroxylation sites is 2. The van der Waals surface area contributed by atoms with Gasteiger partial charge < -0.3 is 15.0 Å². The molecule has 0 bridgehead atoms. The van der Waals surface area contributed by atoms with Gasteiger partial charge in [-0.15, -0.1) is 0 Å². The van der Waals surface area contributed by atoms with Crippen LogP contribution < -0.4 is 4.90 Å². The molecule has 102 valence electrons. The summed E-state index contributed by atoms with van der Waals surface area (Å²) in [6.45, 7) is 6.13. The molecule has 1 fully saturated rings. The van der Waals surface area contributed by atoms with Crippen molar-refractivity contribution < 1.29 is 5.11 Å². The summed E-state index contributed by atoms with van der Waals surface area (Å²) < 4.78 is 0. The van der Waals surface area contributed by atoms with Crippen LogP contribution in [0.25, 0.3) is 11.0 Å².